The summed E-state index contributed by atoms with van der Waals surface area (Å²) in [6.45, 7) is 3.23. The number of hydrogen-bond donors (Lipinski definition) is 1. The predicted molar refractivity (Wildman–Crippen MR) is 100 cm³/mol. The SMILES string of the molecule is CCOc1ccccc1/C=C/C(=O)NCCSCc1cccs1. The molecule has 1 aromatic heterocycles. The molecule has 2 aromatic rings. The van der Waals surface area contributed by atoms with Gasteiger partial charge in [-0.05, 0) is 30.5 Å². The summed E-state index contributed by atoms with van der Waals surface area (Å²) in [7, 11) is 0. The second-order valence-electron chi connectivity index (χ2n) is 4.73. The lowest BCUT2D eigenvalue weighted by Crippen LogP contribution is -2.23. The van der Waals surface area contributed by atoms with Gasteiger partial charge < -0.3 is 10.1 Å². The fourth-order valence-electron chi connectivity index (χ4n) is 1.94. The van der Waals surface area contributed by atoms with E-state index in [1.807, 2.05) is 43.0 Å². The molecule has 2 rings (SSSR count). The molecule has 0 bridgehead atoms. The number of thiophene rings is 1. The Balaban J connectivity index is 1.70. The van der Waals surface area contributed by atoms with E-state index in [1.54, 1.807) is 23.5 Å². The third kappa shape index (κ3) is 6.50. The average molecular weight is 348 g/mol. The minimum absolute atomic E-state index is 0.0759. The van der Waals surface area contributed by atoms with Gasteiger partial charge in [-0.25, -0.2) is 0 Å². The van der Waals surface area contributed by atoms with Crippen LogP contribution in [0.3, 0.4) is 0 Å². The molecular weight excluding hydrogens is 326 g/mol. The maximum atomic E-state index is 11.8. The highest BCUT2D eigenvalue weighted by molar-refractivity contribution is 7.98. The molecule has 3 nitrogen and oxygen atoms in total. The van der Waals surface area contributed by atoms with E-state index in [1.165, 1.54) is 4.88 Å². The number of nitrogens with one attached hydrogen (secondary N) is 1. The summed E-state index contributed by atoms with van der Waals surface area (Å²) in [4.78, 5) is 13.2. The van der Waals surface area contributed by atoms with Gasteiger partial charge >= 0.3 is 0 Å². The molecule has 0 radical (unpaired) electrons. The van der Waals surface area contributed by atoms with E-state index < -0.39 is 0 Å². The van der Waals surface area contributed by atoms with E-state index >= 15 is 0 Å². The first-order chi connectivity index (χ1) is 11.3. The molecule has 0 spiro atoms. The van der Waals surface area contributed by atoms with Crippen molar-refractivity contribution in [3.63, 3.8) is 0 Å². The van der Waals surface area contributed by atoms with Crippen LogP contribution in [0.15, 0.2) is 47.9 Å². The Morgan fingerprint density at radius 3 is 2.96 bits per heavy atom. The van der Waals surface area contributed by atoms with Crippen molar-refractivity contribution in [2.24, 2.45) is 0 Å². The van der Waals surface area contributed by atoms with E-state index in [4.69, 9.17) is 4.74 Å². The van der Waals surface area contributed by atoms with Crippen LogP contribution in [0.4, 0.5) is 0 Å². The summed E-state index contributed by atoms with van der Waals surface area (Å²) in [6, 6.07) is 11.9. The Hall–Kier alpha value is -1.72. The maximum Gasteiger partial charge on any atom is 0.244 e. The zero-order valence-electron chi connectivity index (χ0n) is 13.2. The van der Waals surface area contributed by atoms with Gasteiger partial charge in [0.15, 0.2) is 0 Å². The first-order valence-electron chi connectivity index (χ1n) is 7.57. The molecule has 1 N–H and O–H groups in total. The summed E-state index contributed by atoms with van der Waals surface area (Å²) in [5.74, 6) is 2.64. The van der Waals surface area contributed by atoms with Crippen LogP contribution in [-0.4, -0.2) is 24.8 Å². The number of carbonyl (C=O) groups is 1. The third-order valence-electron chi connectivity index (χ3n) is 3.00. The van der Waals surface area contributed by atoms with E-state index in [0.29, 0.717) is 13.2 Å². The Kier molecular flexibility index (Phi) is 7.77. The van der Waals surface area contributed by atoms with Crippen molar-refractivity contribution in [3.8, 4) is 5.75 Å². The van der Waals surface area contributed by atoms with Crippen molar-refractivity contribution < 1.29 is 9.53 Å². The smallest absolute Gasteiger partial charge is 0.244 e. The molecule has 1 heterocycles. The van der Waals surface area contributed by atoms with Crippen LogP contribution < -0.4 is 10.1 Å². The highest BCUT2D eigenvalue weighted by Crippen LogP contribution is 2.19. The van der Waals surface area contributed by atoms with Gasteiger partial charge in [0.25, 0.3) is 0 Å². The summed E-state index contributed by atoms with van der Waals surface area (Å²) in [5, 5.41) is 4.99. The quantitative estimate of drug-likeness (QED) is 0.545. The summed E-state index contributed by atoms with van der Waals surface area (Å²) >= 11 is 3.60. The summed E-state index contributed by atoms with van der Waals surface area (Å²) < 4.78 is 5.53. The number of benzene rings is 1. The van der Waals surface area contributed by atoms with Gasteiger partial charge in [-0.3, -0.25) is 4.79 Å². The zero-order valence-corrected chi connectivity index (χ0v) is 14.8. The van der Waals surface area contributed by atoms with Crippen molar-refractivity contribution in [3.05, 3.63) is 58.3 Å². The lowest BCUT2D eigenvalue weighted by Gasteiger charge is -2.06. The summed E-state index contributed by atoms with van der Waals surface area (Å²) in [5.41, 5.74) is 0.913. The first kappa shape index (κ1) is 17.6. The molecular formula is C18H21NO2S2. The standard InChI is InChI=1S/C18H21NO2S2/c1-2-21-17-8-4-3-6-15(17)9-10-18(20)19-11-13-22-14-16-7-5-12-23-16/h3-10,12H,2,11,13-14H2,1H3,(H,19,20)/b10-9+. The third-order valence-corrected chi connectivity index (χ3v) is 5.07. The number of rotatable bonds is 9. The van der Waals surface area contributed by atoms with Gasteiger partial charge in [0.2, 0.25) is 5.91 Å². The zero-order chi connectivity index (χ0) is 16.3. The second-order valence-corrected chi connectivity index (χ2v) is 6.86. The fraction of sp³-hybridized carbons (Fsp3) is 0.278. The number of amides is 1. The van der Waals surface area contributed by atoms with Gasteiger partial charge in [0.1, 0.15) is 5.75 Å². The van der Waals surface area contributed by atoms with Gasteiger partial charge in [-0.15, -0.1) is 11.3 Å². The molecule has 5 heteroatoms. The number of para-hydroxylation sites is 1. The highest BCUT2D eigenvalue weighted by atomic mass is 32.2. The average Bonchev–Trinajstić information content (AvgIpc) is 3.07. The van der Waals surface area contributed by atoms with Crippen molar-refractivity contribution >= 4 is 35.1 Å². The van der Waals surface area contributed by atoms with Crippen LogP contribution in [0, 0.1) is 0 Å². The predicted octanol–water partition coefficient (Wildman–Crippen LogP) is 4.21. The van der Waals surface area contributed by atoms with Crippen LogP contribution >= 0.6 is 23.1 Å². The van der Waals surface area contributed by atoms with E-state index in [-0.39, 0.29) is 5.91 Å². The highest BCUT2D eigenvalue weighted by Gasteiger charge is 2.00. The molecule has 0 unspecified atom stereocenters. The van der Waals surface area contributed by atoms with Crippen molar-refractivity contribution in [1.82, 2.24) is 5.32 Å². The van der Waals surface area contributed by atoms with Gasteiger partial charge in [0.05, 0.1) is 6.61 Å². The van der Waals surface area contributed by atoms with Crippen LogP contribution in [0.5, 0.6) is 5.75 Å². The molecule has 1 aromatic carbocycles. The molecule has 1 amide bonds. The van der Waals surface area contributed by atoms with Gasteiger partial charge in [-0.1, -0.05) is 24.3 Å². The van der Waals surface area contributed by atoms with E-state index in [9.17, 15) is 4.79 Å². The molecule has 0 aliphatic heterocycles. The molecule has 0 saturated carbocycles. The summed E-state index contributed by atoms with van der Waals surface area (Å²) in [6.07, 6.45) is 3.35. The first-order valence-corrected chi connectivity index (χ1v) is 9.61. The number of hydrogen-bond acceptors (Lipinski definition) is 4. The van der Waals surface area contributed by atoms with Crippen LogP contribution in [0.25, 0.3) is 6.08 Å². The lowest BCUT2D eigenvalue weighted by molar-refractivity contribution is -0.116. The monoisotopic (exact) mass is 347 g/mol. The number of ether oxygens (including phenoxy) is 1. The minimum Gasteiger partial charge on any atom is -0.493 e. The molecule has 23 heavy (non-hydrogen) atoms. The largest absolute Gasteiger partial charge is 0.493 e. The Bertz CT molecular complexity index is 624. The van der Waals surface area contributed by atoms with Gasteiger partial charge in [-0.2, -0.15) is 11.8 Å². The lowest BCUT2D eigenvalue weighted by atomic mass is 10.2. The Morgan fingerprint density at radius 2 is 2.17 bits per heavy atom. The van der Waals surface area contributed by atoms with Gasteiger partial charge in [0, 0.05) is 34.6 Å². The van der Waals surface area contributed by atoms with Crippen LogP contribution in [0.1, 0.15) is 17.4 Å². The van der Waals surface area contributed by atoms with Crippen LogP contribution in [-0.2, 0) is 10.5 Å². The Morgan fingerprint density at radius 1 is 1.30 bits per heavy atom. The molecule has 0 aliphatic rings. The maximum absolute atomic E-state index is 11.8. The topological polar surface area (TPSA) is 38.3 Å². The number of thioether (sulfide) groups is 1. The van der Waals surface area contributed by atoms with Crippen molar-refractivity contribution in [1.29, 1.82) is 0 Å². The molecule has 122 valence electrons. The van der Waals surface area contributed by atoms with E-state index in [0.717, 1.165) is 22.8 Å². The number of carbonyl (C=O) groups excluding carboxylic acids is 1. The molecule has 0 saturated heterocycles. The molecule has 0 atom stereocenters. The fourth-order valence-corrected chi connectivity index (χ4v) is 3.64. The van der Waals surface area contributed by atoms with E-state index in [2.05, 4.69) is 22.8 Å². The van der Waals surface area contributed by atoms with Crippen molar-refractivity contribution in [2.45, 2.75) is 12.7 Å². The molecule has 0 aliphatic carbocycles. The minimum atomic E-state index is -0.0759. The molecule has 0 fully saturated rings. The Labute approximate surface area is 145 Å². The van der Waals surface area contributed by atoms with Crippen molar-refractivity contribution in [2.75, 3.05) is 18.9 Å². The van der Waals surface area contributed by atoms with Crippen LogP contribution in [0.2, 0.25) is 0 Å². The second kappa shape index (κ2) is 10.1. The normalized spacial score (nSPS) is 10.8.